The van der Waals surface area contributed by atoms with Crippen LogP contribution in [-0.4, -0.2) is 24.8 Å². The third-order valence-corrected chi connectivity index (χ3v) is 5.52. The predicted octanol–water partition coefficient (Wildman–Crippen LogP) is 6.70. The molecule has 1 N–H and O–H groups in total. The summed E-state index contributed by atoms with van der Waals surface area (Å²) in [7, 11) is 1.66. The Kier molecular flexibility index (Phi) is 8.76. The van der Waals surface area contributed by atoms with Crippen molar-refractivity contribution in [1.82, 2.24) is 0 Å². The van der Waals surface area contributed by atoms with E-state index in [0.717, 1.165) is 52.3 Å². The lowest BCUT2D eigenvalue weighted by molar-refractivity contribution is -0.137. The summed E-state index contributed by atoms with van der Waals surface area (Å²) in [6, 6.07) is 21.7. The zero-order valence-electron chi connectivity index (χ0n) is 19.5. The van der Waals surface area contributed by atoms with E-state index >= 15 is 0 Å². The molecule has 33 heavy (non-hydrogen) atoms. The van der Waals surface area contributed by atoms with Crippen LogP contribution in [0.5, 0.6) is 17.2 Å². The molecule has 0 heterocycles. The lowest BCUT2D eigenvalue weighted by atomic mass is 9.98. The van der Waals surface area contributed by atoms with Gasteiger partial charge in [-0.15, -0.1) is 0 Å². The number of methoxy groups -OCH3 is 1. The minimum absolute atomic E-state index is 0.0756. The van der Waals surface area contributed by atoms with E-state index in [1.165, 1.54) is 0 Å². The van der Waals surface area contributed by atoms with E-state index in [0.29, 0.717) is 13.2 Å². The van der Waals surface area contributed by atoms with Crippen LogP contribution in [0.15, 0.2) is 66.7 Å². The Morgan fingerprint density at radius 1 is 0.970 bits per heavy atom. The van der Waals surface area contributed by atoms with Gasteiger partial charge in [0.15, 0.2) is 0 Å². The van der Waals surface area contributed by atoms with Crippen LogP contribution < -0.4 is 14.2 Å². The molecule has 1 atom stereocenters. The lowest BCUT2D eigenvalue weighted by Crippen LogP contribution is -2.03. The molecule has 5 heteroatoms. The van der Waals surface area contributed by atoms with Crippen LogP contribution >= 0.6 is 0 Å². The first-order valence-electron chi connectivity index (χ1n) is 11.3. The molecule has 0 saturated heterocycles. The minimum atomic E-state index is -0.804. The van der Waals surface area contributed by atoms with Gasteiger partial charge in [-0.3, -0.25) is 4.79 Å². The van der Waals surface area contributed by atoms with Crippen LogP contribution in [0.4, 0.5) is 0 Å². The molecular weight excluding hydrogens is 416 g/mol. The highest BCUT2D eigenvalue weighted by molar-refractivity contribution is 5.71. The summed E-state index contributed by atoms with van der Waals surface area (Å²) in [5.41, 5.74) is 4.05. The number of hydrogen-bond donors (Lipinski definition) is 1. The molecule has 0 bridgehead atoms. The maximum atomic E-state index is 11.0. The van der Waals surface area contributed by atoms with Gasteiger partial charge in [0, 0.05) is 5.56 Å². The summed E-state index contributed by atoms with van der Waals surface area (Å²) in [6.07, 6.45) is 2.15. The largest absolute Gasteiger partial charge is 0.497 e. The standard InChI is InChI=1S/C28H32O5/c1-4-5-15-32-27-17-21(9-14-26(27)22-10-12-24(31-3)13-11-22)19-33-25-8-6-7-23(18-25)20(2)16-28(29)30/h6-14,17-18,20H,4-5,15-16,19H2,1-3H3,(H,29,30)/t20-/m1/s1. The number of aliphatic carboxylic acids is 1. The molecule has 0 fully saturated rings. The average molecular weight is 449 g/mol. The van der Waals surface area contributed by atoms with Gasteiger partial charge in [0.2, 0.25) is 0 Å². The van der Waals surface area contributed by atoms with Gasteiger partial charge in [0.05, 0.1) is 20.1 Å². The Labute approximate surface area is 195 Å². The Balaban J connectivity index is 1.76. The highest BCUT2D eigenvalue weighted by Gasteiger charge is 2.12. The van der Waals surface area contributed by atoms with Gasteiger partial charge in [0.1, 0.15) is 23.9 Å². The maximum absolute atomic E-state index is 11.0. The Bertz CT molecular complexity index is 1040. The molecular formula is C28H32O5. The number of unbranched alkanes of at least 4 members (excludes halogenated alkanes) is 1. The van der Waals surface area contributed by atoms with Gasteiger partial charge in [-0.05, 0) is 59.4 Å². The van der Waals surface area contributed by atoms with Crippen LogP contribution in [0.1, 0.15) is 50.2 Å². The molecule has 0 spiro atoms. The van der Waals surface area contributed by atoms with Crippen molar-refractivity contribution in [3.8, 4) is 28.4 Å². The number of hydrogen-bond acceptors (Lipinski definition) is 4. The quantitative estimate of drug-likeness (QED) is 0.312. The first kappa shape index (κ1) is 24.2. The molecule has 0 amide bonds. The summed E-state index contributed by atoms with van der Waals surface area (Å²) in [4.78, 5) is 11.0. The van der Waals surface area contributed by atoms with Crippen LogP contribution in [0, 0.1) is 0 Å². The minimum Gasteiger partial charge on any atom is -0.497 e. The fourth-order valence-corrected chi connectivity index (χ4v) is 3.57. The zero-order chi connectivity index (χ0) is 23.6. The van der Waals surface area contributed by atoms with E-state index in [4.69, 9.17) is 19.3 Å². The normalized spacial score (nSPS) is 11.6. The summed E-state index contributed by atoms with van der Waals surface area (Å²) in [6.45, 7) is 5.10. The third-order valence-electron chi connectivity index (χ3n) is 5.52. The van der Waals surface area contributed by atoms with Crippen molar-refractivity contribution in [2.45, 2.75) is 45.6 Å². The maximum Gasteiger partial charge on any atom is 0.303 e. The van der Waals surface area contributed by atoms with Crippen molar-refractivity contribution >= 4 is 5.97 Å². The first-order chi connectivity index (χ1) is 16.0. The van der Waals surface area contributed by atoms with E-state index in [2.05, 4.69) is 13.0 Å². The molecule has 0 saturated carbocycles. The molecule has 0 aliphatic rings. The second-order valence-electron chi connectivity index (χ2n) is 8.12. The fourth-order valence-electron chi connectivity index (χ4n) is 3.57. The third kappa shape index (κ3) is 7.01. The Hall–Kier alpha value is -3.47. The summed E-state index contributed by atoms with van der Waals surface area (Å²) in [5, 5.41) is 9.05. The van der Waals surface area contributed by atoms with Crippen LogP contribution in [0.25, 0.3) is 11.1 Å². The summed E-state index contributed by atoms with van der Waals surface area (Å²) in [5.74, 6) is 1.49. The molecule has 3 aromatic carbocycles. The summed E-state index contributed by atoms with van der Waals surface area (Å²) < 4.78 is 17.4. The zero-order valence-corrected chi connectivity index (χ0v) is 19.5. The van der Waals surface area contributed by atoms with Crippen molar-refractivity contribution in [3.05, 3.63) is 77.9 Å². The highest BCUT2D eigenvalue weighted by Crippen LogP contribution is 2.33. The van der Waals surface area contributed by atoms with Gasteiger partial charge in [-0.1, -0.05) is 56.7 Å². The molecule has 0 radical (unpaired) electrons. The molecule has 5 nitrogen and oxygen atoms in total. The van der Waals surface area contributed by atoms with Gasteiger partial charge < -0.3 is 19.3 Å². The van der Waals surface area contributed by atoms with Gasteiger partial charge in [-0.25, -0.2) is 0 Å². The van der Waals surface area contributed by atoms with Crippen molar-refractivity contribution in [2.24, 2.45) is 0 Å². The Morgan fingerprint density at radius 3 is 2.45 bits per heavy atom. The molecule has 3 rings (SSSR count). The lowest BCUT2D eigenvalue weighted by Gasteiger charge is -2.15. The van der Waals surface area contributed by atoms with E-state index in [9.17, 15) is 4.79 Å². The number of carboxylic acid groups (broad SMARTS) is 1. The highest BCUT2D eigenvalue weighted by atomic mass is 16.5. The number of benzene rings is 3. The van der Waals surface area contributed by atoms with Crippen molar-refractivity contribution in [1.29, 1.82) is 0 Å². The summed E-state index contributed by atoms with van der Waals surface area (Å²) >= 11 is 0. The average Bonchev–Trinajstić information content (AvgIpc) is 2.83. The van der Waals surface area contributed by atoms with Crippen molar-refractivity contribution < 1.29 is 24.1 Å². The Morgan fingerprint density at radius 2 is 1.76 bits per heavy atom. The van der Waals surface area contributed by atoms with Crippen molar-refractivity contribution in [2.75, 3.05) is 13.7 Å². The number of carbonyl (C=O) groups is 1. The van der Waals surface area contributed by atoms with Gasteiger partial charge >= 0.3 is 5.97 Å². The second kappa shape index (κ2) is 12.0. The van der Waals surface area contributed by atoms with Gasteiger partial charge in [-0.2, -0.15) is 0 Å². The second-order valence-corrected chi connectivity index (χ2v) is 8.12. The molecule has 0 aliphatic carbocycles. The SMILES string of the molecule is CCCCOc1cc(COc2cccc([C@H](C)CC(=O)O)c2)ccc1-c1ccc(OC)cc1. The molecule has 0 aliphatic heterocycles. The van der Waals surface area contributed by atoms with Crippen LogP contribution in [0.3, 0.4) is 0 Å². The van der Waals surface area contributed by atoms with E-state index in [1.807, 2.05) is 67.6 Å². The monoisotopic (exact) mass is 448 g/mol. The molecule has 3 aromatic rings. The first-order valence-corrected chi connectivity index (χ1v) is 11.3. The van der Waals surface area contributed by atoms with Crippen LogP contribution in [-0.2, 0) is 11.4 Å². The fraction of sp³-hybridized carbons (Fsp3) is 0.321. The van der Waals surface area contributed by atoms with Gasteiger partial charge in [0.25, 0.3) is 0 Å². The molecule has 0 unspecified atom stereocenters. The smallest absolute Gasteiger partial charge is 0.303 e. The molecule has 174 valence electrons. The van der Waals surface area contributed by atoms with E-state index in [1.54, 1.807) is 7.11 Å². The predicted molar refractivity (Wildman–Crippen MR) is 130 cm³/mol. The number of rotatable bonds is 12. The van der Waals surface area contributed by atoms with E-state index < -0.39 is 5.97 Å². The topological polar surface area (TPSA) is 65.0 Å². The number of carboxylic acids is 1. The van der Waals surface area contributed by atoms with Crippen molar-refractivity contribution in [3.63, 3.8) is 0 Å². The van der Waals surface area contributed by atoms with Crippen LogP contribution in [0.2, 0.25) is 0 Å². The molecule has 0 aromatic heterocycles. The number of ether oxygens (including phenoxy) is 3. The van der Waals surface area contributed by atoms with E-state index in [-0.39, 0.29) is 12.3 Å².